The Morgan fingerprint density at radius 3 is 2.54 bits per heavy atom. The molecule has 4 nitrogen and oxygen atoms in total. The van der Waals surface area contributed by atoms with Crippen molar-refractivity contribution in [2.45, 2.75) is 26.8 Å². The fraction of sp³-hybridized carbons (Fsp3) is 0.182. The highest BCUT2D eigenvalue weighted by atomic mass is 16.5. The summed E-state index contributed by atoms with van der Waals surface area (Å²) in [6, 6.07) is 25.2. The molecular weight excluding hydrogens is 458 g/mol. The van der Waals surface area contributed by atoms with E-state index in [1.54, 1.807) is 13.2 Å². The van der Waals surface area contributed by atoms with Gasteiger partial charge in [-0.15, -0.1) is 0 Å². The number of nitrogens with zero attached hydrogens (tertiary/aromatic N) is 1. The number of carbonyl (C=O) groups is 1. The van der Waals surface area contributed by atoms with Gasteiger partial charge in [-0.05, 0) is 59.4 Å². The van der Waals surface area contributed by atoms with Gasteiger partial charge in [0.2, 0.25) is 5.91 Å². The molecule has 184 valence electrons. The van der Waals surface area contributed by atoms with Crippen LogP contribution in [0.15, 0.2) is 89.6 Å². The molecule has 1 aromatic heterocycles. The van der Waals surface area contributed by atoms with E-state index < -0.39 is 0 Å². The van der Waals surface area contributed by atoms with Gasteiger partial charge in [0.05, 0.1) is 13.4 Å². The Hall–Kier alpha value is -4.31. The molecule has 4 aromatic carbocycles. The van der Waals surface area contributed by atoms with Gasteiger partial charge in [0.25, 0.3) is 0 Å². The minimum absolute atomic E-state index is 0.0216. The van der Waals surface area contributed by atoms with E-state index in [0.717, 1.165) is 57.5 Å². The van der Waals surface area contributed by atoms with Gasteiger partial charge in [-0.25, -0.2) is 0 Å². The van der Waals surface area contributed by atoms with E-state index in [4.69, 9.17) is 9.15 Å². The molecule has 0 N–H and O–H groups in total. The molecule has 0 saturated heterocycles. The lowest BCUT2D eigenvalue weighted by molar-refractivity contribution is -0.126. The van der Waals surface area contributed by atoms with Crippen LogP contribution in [0.3, 0.4) is 0 Å². The molecule has 0 saturated carbocycles. The van der Waals surface area contributed by atoms with Crippen molar-refractivity contribution < 1.29 is 13.9 Å². The first-order valence-corrected chi connectivity index (χ1v) is 12.7. The summed E-state index contributed by atoms with van der Waals surface area (Å²) in [4.78, 5) is 15.2. The van der Waals surface area contributed by atoms with Gasteiger partial charge < -0.3 is 14.1 Å². The van der Waals surface area contributed by atoms with Gasteiger partial charge in [-0.3, -0.25) is 4.79 Å². The van der Waals surface area contributed by atoms with Crippen molar-refractivity contribution in [3.05, 3.63) is 107 Å². The average molecular weight is 488 g/mol. The summed E-state index contributed by atoms with van der Waals surface area (Å²) in [5.41, 5.74) is 8.21. The maximum atomic E-state index is 13.3. The Bertz CT molecular complexity index is 1690. The van der Waals surface area contributed by atoms with E-state index in [9.17, 15) is 4.79 Å². The molecule has 1 aliphatic heterocycles. The largest absolute Gasteiger partial charge is 0.496 e. The second kappa shape index (κ2) is 9.29. The molecule has 4 heteroatoms. The van der Waals surface area contributed by atoms with E-state index in [1.807, 2.05) is 31.1 Å². The zero-order chi connectivity index (χ0) is 25.5. The summed E-state index contributed by atoms with van der Waals surface area (Å²) in [7, 11) is 1.67. The van der Waals surface area contributed by atoms with Crippen LogP contribution in [0, 0.1) is 6.92 Å². The van der Waals surface area contributed by atoms with Crippen molar-refractivity contribution in [3.8, 4) is 16.9 Å². The molecule has 2 heterocycles. The predicted octanol–water partition coefficient (Wildman–Crippen LogP) is 7.56. The highest BCUT2D eigenvalue weighted by Gasteiger charge is 2.22. The molecule has 0 bridgehead atoms. The number of hydrogen-bond donors (Lipinski definition) is 0. The number of benzene rings is 4. The van der Waals surface area contributed by atoms with Crippen LogP contribution in [0.25, 0.3) is 38.4 Å². The lowest BCUT2D eigenvalue weighted by Gasteiger charge is -2.28. The molecule has 0 fully saturated rings. The van der Waals surface area contributed by atoms with Crippen molar-refractivity contribution in [3.63, 3.8) is 0 Å². The number of furan rings is 1. The summed E-state index contributed by atoms with van der Waals surface area (Å²) in [5, 5.41) is 3.37. The number of hydrogen-bond acceptors (Lipinski definition) is 3. The first-order chi connectivity index (χ1) is 18.0. The van der Waals surface area contributed by atoms with Crippen LogP contribution < -0.4 is 4.74 Å². The van der Waals surface area contributed by atoms with E-state index in [1.165, 1.54) is 21.9 Å². The summed E-state index contributed by atoms with van der Waals surface area (Å²) < 4.78 is 11.9. The molecule has 37 heavy (non-hydrogen) atoms. The Balaban J connectivity index is 1.42. The van der Waals surface area contributed by atoms with Crippen LogP contribution in [-0.2, 0) is 17.8 Å². The van der Waals surface area contributed by atoms with Crippen molar-refractivity contribution in [1.82, 2.24) is 4.90 Å². The van der Waals surface area contributed by atoms with Crippen molar-refractivity contribution in [2.24, 2.45) is 0 Å². The van der Waals surface area contributed by atoms with Crippen molar-refractivity contribution in [2.75, 3.05) is 13.7 Å². The number of fused-ring (bicyclic) bond motifs is 3. The second-order valence-electron chi connectivity index (χ2n) is 9.74. The lowest BCUT2D eigenvalue weighted by Crippen LogP contribution is -2.34. The topological polar surface area (TPSA) is 42.7 Å². The van der Waals surface area contributed by atoms with E-state index in [2.05, 4.69) is 66.7 Å². The fourth-order valence-electron chi connectivity index (χ4n) is 5.58. The molecular formula is C33H29NO3. The smallest absolute Gasteiger partial charge is 0.247 e. The minimum Gasteiger partial charge on any atom is -0.496 e. The fourth-order valence-corrected chi connectivity index (χ4v) is 5.58. The van der Waals surface area contributed by atoms with Crippen LogP contribution >= 0.6 is 0 Å². The minimum atomic E-state index is 0.0216. The standard InChI is InChI=1S/C33H29NO3/c1-21(17-31(35)34-16-15-23-9-4-5-11-25(23)19-34)28-18-29-30(20-37-33(29)22(2)32(28)36-3)27-14-8-12-24-10-6-7-13-26(24)27/h4-14,17-18,20H,15-16,19H2,1-3H3/b21-17+. The summed E-state index contributed by atoms with van der Waals surface area (Å²) >= 11 is 0. The number of allylic oxidation sites excluding steroid dienone is 1. The summed E-state index contributed by atoms with van der Waals surface area (Å²) in [6.45, 7) is 5.36. The number of carbonyl (C=O) groups excluding carboxylic acids is 1. The quantitative estimate of drug-likeness (QED) is 0.246. The van der Waals surface area contributed by atoms with Crippen LogP contribution in [-0.4, -0.2) is 24.5 Å². The van der Waals surface area contributed by atoms with E-state index in [0.29, 0.717) is 6.54 Å². The van der Waals surface area contributed by atoms with Crippen molar-refractivity contribution >= 4 is 33.2 Å². The normalized spacial score (nSPS) is 13.7. The molecule has 6 rings (SSSR count). The Morgan fingerprint density at radius 1 is 0.946 bits per heavy atom. The Labute approximate surface area is 216 Å². The third-order valence-electron chi connectivity index (χ3n) is 7.53. The molecule has 0 aliphatic carbocycles. The molecule has 1 amide bonds. The molecule has 5 aromatic rings. The van der Waals surface area contributed by atoms with Gasteiger partial charge >= 0.3 is 0 Å². The van der Waals surface area contributed by atoms with Gasteiger partial charge in [0, 0.05) is 41.2 Å². The van der Waals surface area contributed by atoms with E-state index >= 15 is 0 Å². The van der Waals surface area contributed by atoms with Crippen LogP contribution in [0.5, 0.6) is 5.75 Å². The first kappa shape index (κ1) is 23.1. The number of aryl methyl sites for hydroxylation is 1. The third-order valence-corrected chi connectivity index (χ3v) is 7.53. The zero-order valence-corrected chi connectivity index (χ0v) is 21.4. The van der Waals surface area contributed by atoms with Gasteiger partial charge in [-0.2, -0.15) is 0 Å². The van der Waals surface area contributed by atoms with Gasteiger partial charge in [0.1, 0.15) is 11.3 Å². The average Bonchev–Trinajstić information content (AvgIpc) is 3.36. The summed E-state index contributed by atoms with van der Waals surface area (Å²) in [6.07, 6.45) is 4.46. The lowest BCUT2D eigenvalue weighted by atomic mass is 9.94. The number of amides is 1. The molecule has 1 aliphatic rings. The molecule has 0 unspecified atom stereocenters. The number of rotatable bonds is 4. The zero-order valence-electron chi connectivity index (χ0n) is 21.4. The van der Waals surface area contributed by atoms with Crippen molar-refractivity contribution in [1.29, 1.82) is 0 Å². The van der Waals surface area contributed by atoms with Crippen LogP contribution in [0.1, 0.15) is 29.2 Å². The highest BCUT2D eigenvalue weighted by Crippen LogP contribution is 2.42. The first-order valence-electron chi connectivity index (χ1n) is 12.7. The van der Waals surface area contributed by atoms with Crippen LogP contribution in [0.4, 0.5) is 0 Å². The van der Waals surface area contributed by atoms with Crippen LogP contribution in [0.2, 0.25) is 0 Å². The number of methoxy groups -OCH3 is 1. The predicted molar refractivity (Wildman–Crippen MR) is 150 cm³/mol. The SMILES string of the molecule is COc1c(/C(C)=C/C(=O)N2CCc3ccccc3C2)cc2c(-c3cccc4ccccc34)coc2c1C. The Kier molecular flexibility index (Phi) is 5.80. The van der Waals surface area contributed by atoms with E-state index in [-0.39, 0.29) is 5.91 Å². The number of ether oxygens (including phenoxy) is 1. The Morgan fingerprint density at radius 2 is 1.70 bits per heavy atom. The second-order valence-corrected chi connectivity index (χ2v) is 9.74. The maximum Gasteiger partial charge on any atom is 0.247 e. The summed E-state index contributed by atoms with van der Waals surface area (Å²) in [5.74, 6) is 0.755. The molecule has 0 atom stereocenters. The van der Waals surface area contributed by atoms with Gasteiger partial charge in [-0.1, -0.05) is 66.7 Å². The third kappa shape index (κ3) is 3.99. The maximum absolute atomic E-state index is 13.3. The molecule has 0 spiro atoms. The highest BCUT2D eigenvalue weighted by molar-refractivity contribution is 6.07. The molecule has 0 radical (unpaired) electrons. The monoisotopic (exact) mass is 487 g/mol. The van der Waals surface area contributed by atoms with Gasteiger partial charge in [0.15, 0.2) is 0 Å².